The van der Waals surface area contributed by atoms with Crippen LogP contribution in [0.2, 0.25) is 0 Å². The van der Waals surface area contributed by atoms with Gasteiger partial charge in [0.25, 0.3) is 0 Å². The molecule has 0 spiro atoms. The molecule has 0 fully saturated rings. The second-order valence-electron chi connectivity index (χ2n) is 9.87. The molecule has 2 unspecified atom stereocenters. The number of rotatable bonds is 24. The van der Waals surface area contributed by atoms with Gasteiger partial charge in [-0.15, -0.1) is 0 Å². The smallest absolute Gasteiger partial charge is 0.221 e. The maximum atomic E-state index is 12.1. The van der Waals surface area contributed by atoms with Crippen LogP contribution in [0.15, 0.2) is 0 Å². The van der Waals surface area contributed by atoms with Crippen molar-refractivity contribution in [3.05, 3.63) is 0 Å². The van der Waals surface area contributed by atoms with Gasteiger partial charge in [-0.1, -0.05) is 104 Å². The fourth-order valence-electron chi connectivity index (χ4n) is 4.09. The van der Waals surface area contributed by atoms with Crippen LogP contribution < -0.4 is 10.6 Å². The molecule has 0 aromatic rings. The molecule has 0 rings (SSSR count). The average molecular weight is 485 g/mol. The van der Waals surface area contributed by atoms with E-state index in [0.717, 1.165) is 24.3 Å². The molecule has 0 saturated heterocycles. The normalized spacial score (nSPS) is 13.0. The molecule has 2 N–H and O–H groups in total. The zero-order chi connectivity index (χ0) is 24.6. The Balaban J connectivity index is 3.54. The van der Waals surface area contributed by atoms with E-state index in [1.165, 1.54) is 89.9 Å². The van der Waals surface area contributed by atoms with E-state index in [1.54, 1.807) is 11.8 Å². The molecule has 196 valence electrons. The molecule has 0 aliphatic heterocycles. The molecule has 0 aliphatic carbocycles. The number of carbonyl (C=O) groups excluding carboxylic acids is 2. The standard InChI is InChI=1S/C28H56N2O2S/c1-5-7-9-11-13-15-17-19-25(3)29-27(31)21-23-33-24-22-28(32)30-26(4)20-18-16-14-12-10-8-6-2/h25-26H,5-24H2,1-4H3,(H,29,31)(H,30,32). The Kier molecular flexibility index (Phi) is 23.9. The number of hydrogen-bond donors (Lipinski definition) is 2. The van der Waals surface area contributed by atoms with Crippen molar-refractivity contribution in [1.29, 1.82) is 0 Å². The van der Waals surface area contributed by atoms with Crippen LogP contribution in [0.3, 0.4) is 0 Å². The van der Waals surface area contributed by atoms with Gasteiger partial charge in [0.2, 0.25) is 11.8 Å². The summed E-state index contributed by atoms with van der Waals surface area (Å²) in [5.74, 6) is 1.87. The van der Waals surface area contributed by atoms with Crippen LogP contribution in [-0.2, 0) is 9.59 Å². The lowest BCUT2D eigenvalue weighted by Crippen LogP contribution is -2.33. The largest absolute Gasteiger partial charge is 0.354 e. The summed E-state index contributed by atoms with van der Waals surface area (Å²) in [6.45, 7) is 8.72. The van der Waals surface area contributed by atoms with Gasteiger partial charge in [-0.05, 0) is 26.7 Å². The van der Waals surface area contributed by atoms with E-state index < -0.39 is 0 Å². The summed E-state index contributed by atoms with van der Waals surface area (Å²) < 4.78 is 0. The predicted octanol–water partition coefficient (Wildman–Crippen LogP) is 7.79. The van der Waals surface area contributed by atoms with Crippen molar-refractivity contribution in [3.63, 3.8) is 0 Å². The summed E-state index contributed by atoms with van der Waals surface area (Å²) in [5.41, 5.74) is 0. The third-order valence-electron chi connectivity index (χ3n) is 6.24. The fraction of sp³-hybridized carbons (Fsp3) is 0.929. The first kappa shape index (κ1) is 32.3. The minimum Gasteiger partial charge on any atom is -0.354 e. The van der Waals surface area contributed by atoms with Crippen LogP contribution in [0.5, 0.6) is 0 Å². The zero-order valence-corrected chi connectivity index (χ0v) is 23.3. The van der Waals surface area contributed by atoms with E-state index in [2.05, 4.69) is 38.3 Å². The molecule has 5 heteroatoms. The SMILES string of the molecule is CCCCCCCCCC(C)NC(=O)CCSCCC(=O)NC(C)CCCCCCCCC. The molecular formula is C28H56N2O2S. The Bertz CT molecular complexity index is 419. The van der Waals surface area contributed by atoms with Gasteiger partial charge in [-0.2, -0.15) is 11.8 Å². The molecular weight excluding hydrogens is 428 g/mol. The molecule has 0 bridgehead atoms. The van der Waals surface area contributed by atoms with Crippen molar-refractivity contribution >= 4 is 23.6 Å². The minimum absolute atomic E-state index is 0.144. The maximum absolute atomic E-state index is 12.1. The van der Waals surface area contributed by atoms with Crippen LogP contribution in [0.1, 0.15) is 143 Å². The van der Waals surface area contributed by atoms with E-state index in [-0.39, 0.29) is 23.9 Å². The van der Waals surface area contributed by atoms with Crippen molar-refractivity contribution in [2.45, 2.75) is 155 Å². The monoisotopic (exact) mass is 484 g/mol. The number of amides is 2. The summed E-state index contributed by atoms with van der Waals surface area (Å²) in [4.78, 5) is 24.2. The topological polar surface area (TPSA) is 58.2 Å². The van der Waals surface area contributed by atoms with Crippen molar-refractivity contribution in [2.75, 3.05) is 11.5 Å². The van der Waals surface area contributed by atoms with Gasteiger partial charge in [0, 0.05) is 36.4 Å². The van der Waals surface area contributed by atoms with E-state index >= 15 is 0 Å². The van der Waals surface area contributed by atoms with Crippen molar-refractivity contribution in [3.8, 4) is 0 Å². The highest BCUT2D eigenvalue weighted by Gasteiger charge is 2.09. The van der Waals surface area contributed by atoms with E-state index in [0.29, 0.717) is 12.8 Å². The summed E-state index contributed by atoms with van der Waals surface area (Å²) in [7, 11) is 0. The first-order valence-electron chi connectivity index (χ1n) is 14.2. The second-order valence-corrected chi connectivity index (χ2v) is 11.1. The Morgan fingerprint density at radius 2 is 0.909 bits per heavy atom. The van der Waals surface area contributed by atoms with Gasteiger partial charge < -0.3 is 10.6 Å². The number of carbonyl (C=O) groups is 2. The lowest BCUT2D eigenvalue weighted by molar-refractivity contribution is -0.122. The molecule has 4 nitrogen and oxygen atoms in total. The molecule has 0 radical (unpaired) electrons. The highest BCUT2D eigenvalue weighted by atomic mass is 32.2. The van der Waals surface area contributed by atoms with Gasteiger partial charge in [-0.25, -0.2) is 0 Å². The molecule has 0 aromatic heterocycles. The van der Waals surface area contributed by atoms with Crippen molar-refractivity contribution < 1.29 is 9.59 Å². The first-order chi connectivity index (χ1) is 16.0. The maximum Gasteiger partial charge on any atom is 0.221 e. The van der Waals surface area contributed by atoms with E-state index in [4.69, 9.17) is 0 Å². The Labute approximate surface area is 210 Å². The predicted molar refractivity (Wildman–Crippen MR) is 147 cm³/mol. The Morgan fingerprint density at radius 3 is 1.27 bits per heavy atom. The summed E-state index contributed by atoms with van der Waals surface area (Å²) >= 11 is 1.70. The van der Waals surface area contributed by atoms with Crippen LogP contribution in [-0.4, -0.2) is 35.4 Å². The van der Waals surface area contributed by atoms with Crippen LogP contribution in [0, 0.1) is 0 Å². The molecule has 2 amide bonds. The van der Waals surface area contributed by atoms with Crippen molar-refractivity contribution in [2.24, 2.45) is 0 Å². The van der Waals surface area contributed by atoms with E-state index in [1.807, 2.05) is 0 Å². The quantitative estimate of drug-likeness (QED) is 0.137. The van der Waals surface area contributed by atoms with Crippen molar-refractivity contribution in [1.82, 2.24) is 10.6 Å². The van der Waals surface area contributed by atoms with Crippen LogP contribution in [0.25, 0.3) is 0 Å². The Hall–Kier alpha value is -0.710. The molecule has 0 aliphatic rings. The third-order valence-corrected chi connectivity index (χ3v) is 7.23. The van der Waals surface area contributed by atoms with Gasteiger partial charge in [0.05, 0.1) is 0 Å². The lowest BCUT2D eigenvalue weighted by Gasteiger charge is -2.14. The first-order valence-corrected chi connectivity index (χ1v) is 15.3. The highest BCUT2D eigenvalue weighted by molar-refractivity contribution is 7.99. The number of thioether (sulfide) groups is 1. The number of nitrogens with one attached hydrogen (secondary N) is 2. The zero-order valence-electron chi connectivity index (χ0n) is 22.5. The van der Waals surface area contributed by atoms with Crippen LogP contribution >= 0.6 is 11.8 Å². The summed E-state index contributed by atoms with van der Waals surface area (Å²) in [6, 6.07) is 0.531. The van der Waals surface area contributed by atoms with Gasteiger partial charge >= 0.3 is 0 Å². The lowest BCUT2D eigenvalue weighted by atomic mass is 10.1. The fourth-order valence-corrected chi connectivity index (χ4v) is 4.95. The molecule has 0 heterocycles. The third kappa shape index (κ3) is 24.2. The average Bonchev–Trinajstić information content (AvgIpc) is 2.77. The van der Waals surface area contributed by atoms with Gasteiger partial charge in [0.1, 0.15) is 0 Å². The molecule has 2 atom stereocenters. The molecule has 0 aromatic carbocycles. The van der Waals surface area contributed by atoms with E-state index in [9.17, 15) is 9.59 Å². The Morgan fingerprint density at radius 1 is 0.576 bits per heavy atom. The number of hydrogen-bond acceptors (Lipinski definition) is 3. The number of unbranched alkanes of at least 4 members (excludes halogenated alkanes) is 12. The van der Waals surface area contributed by atoms with Gasteiger partial charge in [0.15, 0.2) is 0 Å². The molecule has 0 saturated carbocycles. The van der Waals surface area contributed by atoms with Crippen LogP contribution in [0.4, 0.5) is 0 Å². The summed E-state index contributed by atoms with van der Waals surface area (Å²) in [5, 5.41) is 6.25. The minimum atomic E-state index is 0.144. The highest BCUT2D eigenvalue weighted by Crippen LogP contribution is 2.11. The summed E-state index contributed by atoms with van der Waals surface area (Å²) in [6.07, 6.45) is 21.6. The van der Waals surface area contributed by atoms with Gasteiger partial charge in [-0.3, -0.25) is 9.59 Å². The second kappa shape index (κ2) is 24.4. The molecule has 33 heavy (non-hydrogen) atoms.